The molecule has 0 aliphatic carbocycles. The summed E-state index contributed by atoms with van der Waals surface area (Å²) >= 11 is 0. The Morgan fingerprint density at radius 2 is 1.42 bits per heavy atom. The van der Waals surface area contributed by atoms with E-state index in [0.29, 0.717) is 12.1 Å². The highest BCUT2D eigenvalue weighted by Gasteiger charge is 2.11. The molecule has 1 nitrogen and oxygen atoms in total. The lowest BCUT2D eigenvalue weighted by atomic mass is 10.0. The minimum atomic E-state index is 0.638. The molecule has 0 aliphatic heterocycles. The molecule has 0 amide bonds. The van der Waals surface area contributed by atoms with Crippen LogP contribution in [0.5, 0.6) is 0 Å². The average molecular weight is 171 g/mol. The van der Waals surface area contributed by atoms with Gasteiger partial charge in [-0.25, -0.2) is 0 Å². The van der Waals surface area contributed by atoms with E-state index >= 15 is 0 Å². The Labute approximate surface area is 77.9 Å². The number of rotatable bonds is 5. The van der Waals surface area contributed by atoms with Gasteiger partial charge < -0.3 is 5.32 Å². The maximum Gasteiger partial charge on any atom is 0.00642 e. The molecule has 0 aromatic rings. The fourth-order valence-corrected chi connectivity index (χ4v) is 1.42. The molecule has 0 heterocycles. The Bertz CT molecular complexity index is 108. The first-order valence-electron chi connectivity index (χ1n) is 5.19. The molecule has 12 heavy (non-hydrogen) atoms. The minimum absolute atomic E-state index is 0.638. The van der Waals surface area contributed by atoms with Crippen LogP contribution in [0.3, 0.4) is 0 Å². The van der Waals surface area contributed by atoms with Crippen molar-refractivity contribution in [3.05, 3.63) is 0 Å². The van der Waals surface area contributed by atoms with Gasteiger partial charge in [0, 0.05) is 12.1 Å². The van der Waals surface area contributed by atoms with Crippen molar-refractivity contribution in [1.82, 2.24) is 5.32 Å². The molecule has 2 unspecified atom stereocenters. The van der Waals surface area contributed by atoms with Gasteiger partial charge >= 0.3 is 0 Å². The topological polar surface area (TPSA) is 12.0 Å². The second-order valence-electron chi connectivity index (χ2n) is 4.73. The first-order chi connectivity index (χ1) is 5.43. The Balaban J connectivity index is 3.61. The number of hydrogen-bond acceptors (Lipinski definition) is 1. The van der Waals surface area contributed by atoms with E-state index in [2.05, 4.69) is 46.9 Å². The summed E-state index contributed by atoms with van der Waals surface area (Å²) in [4.78, 5) is 0. The number of hydrogen-bond donors (Lipinski definition) is 1. The summed E-state index contributed by atoms with van der Waals surface area (Å²) < 4.78 is 0. The van der Waals surface area contributed by atoms with Crippen molar-refractivity contribution in [2.45, 2.75) is 60.0 Å². The van der Waals surface area contributed by atoms with Gasteiger partial charge in [0.1, 0.15) is 0 Å². The fraction of sp³-hybridized carbons (Fsp3) is 1.00. The standard InChI is InChI=1S/C11H25N/c1-8(2)7-10(5)12-11(6)9(3)4/h8-12H,7H2,1-6H3. The molecule has 0 aliphatic rings. The molecular weight excluding hydrogens is 146 g/mol. The zero-order valence-corrected chi connectivity index (χ0v) is 9.52. The van der Waals surface area contributed by atoms with Crippen LogP contribution in [0.15, 0.2) is 0 Å². The van der Waals surface area contributed by atoms with E-state index in [4.69, 9.17) is 0 Å². The molecule has 74 valence electrons. The first kappa shape index (κ1) is 12.0. The van der Waals surface area contributed by atoms with Crippen molar-refractivity contribution >= 4 is 0 Å². The van der Waals surface area contributed by atoms with Crippen molar-refractivity contribution in [2.24, 2.45) is 11.8 Å². The van der Waals surface area contributed by atoms with Crippen LogP contribution in [-0.4, -0.2) is 12.1 Å². The Hall–Kier alpha value is -0.0400. The Morgan fingerprint density at radius 1 is 0.917 bits per heavy atom. The lowest BCUT2D eigenvalue weighted by molar-refractivity contribution is 0.350. The largest absolute Gasteiger partial charge is 0.312 e. The van der Waals surface area contributed by atoms with Crippen LogP contribution in [0, 0.1) is 11.8 Å². The highest BCUT2D eigenvalue weighted by atomic mass is 14.9. The lowest BCUT2D eigenvalue weighted by Crippen LogP contribution is -2.38. The summed E-state index contributed by atoms with van der Waals surface area (Å²) in [6.07, 6.45) is 1.27. The maximum atomic E-state index is 3.61. The van der Waals surface area contributed by atoms with Crippen LogP contribution >= 0.6 is 0 Å². The summed E-state index contributed by atoms with van der Waals surface area (Å²) in [5.41, 5.74) is 0. The molecule has 0 rings (SSSR count). The third-order valence-electron chi connectivity index (χ3n) is 2.37. The van der Waals surface area contributed by atoms with E-state index in [0.717, 1.165) is 11.8 Å². The number of nitrogens with one attached hydrogen (secondary N) is 1. The average Bonchev–Trinajstić information content (AvgIpc) is 1.84. The molecule has 0 saturated heterocycles. The van der Waals surface area contributed by atoms with Gasteiger partial charge in [-0.1, -0.05) is 27.7 Å². The summed E-state index contributed by atoms with van der Waals surface area (Å²) in [5, 5.41) is 3.61. The summed E-state index contributed by atoms with van der Waals surface area (Å²) in [7, 11) is 0. The van der Waals surface area contributed by atoms with Gasteiger partial charge in [0.25, 0.3) is 0 Å². The summed E-state index contributed by atoms with van der Waals surface area (Å²) in [6, 6.07) is 1.29. The van der Waals surface area contributed by atoms with Crippen molar-refractivity contribution < 1.29 is 0 Å². The third kappa shape index (κ3) is 5.59. The highest BCUT2D eigenvalue weighted by molar-refractivity contribution is 4.70. The van der Waals surface area contributed by atoms with Crippen molar-refractivity contribution in [3.63, 3.8) is 0 Å². The van der Waals surface area contributed by atoms with Crippen LogP contribution in [0.1, 0.15) is 48.0 Å². The molecule has 0 aromatic heterocycles. The molecule has 2 atom stereocenters. The smallest absolute Gasteiger partial charge is 0.00642 e. The van der Waals surface area contributed by atoms with E-state index in [1.54, 1.807) is 0 Å². The monoisotopic (exact) mass is 171 g/mol. The SMILES string of the molecule is CC(C)CC(C)NC(C)C(C)C. The first-order valence-corrected chi connectivity index (χ1v) is 5.19. The maximum absolute atomic E-state index is 3.61. The molecule has 0 saturated carbocycles. The fourth-order valence-electron chi connectivity index (χ4n) is 1.42. The molecule has 1 heteroatoms. The Morgan fingerprint density at radius 3 is 1.75 bits per heavy atom. The van der Waals surface area contributed by atoms with Crippen LogP contribution in [0.25, 0.3) is 0 Å². The molecule has 0 spiro atoms. The van der Waals surface area contributed by atoms with E-state index in [-0.39, 0.29) is 0 Å². The zero-order valence-electron chi connectivity index (χ0n) is 9.52. The third-order valence-corrected chi connectivity index (χ3v) is 2.37. The Kier molecular flexibility index (Phi) is 5.56. The summed E-state index contributed by atoms with van der Waals surface area (Å²) in [5.74, 6) is 1.53. The molecule has 0 fully saturated rings. The van der Waals surface area contributed by atoms with Gasteiger partial charge in [0.15, 0.2) is 0 Å². The second-order valence-corrected chi connectivity index (χ2v) is 4.73. The van der Waals surface area contributed by atoms with Gasteiger partial charge in [-0.3, -0.25) is 0 Å². The van der Waals surface area contributed by atoms with Gasteiger partial charge in [-0.2, -0.15) is 0 Å². The zero-order chi connectivity index (χ0) is 9.72. The second kappa shape index (κ2) is 5.58. The minimum Gasteiger partial charge on any atom is -0.312 e. The van der Waals surface area contributed by atoms with E-state index in [1.807, 2.05) is 0 Å². The highest BCUT2D eigenvalue weighted by Crippen LogP contribution is 2.07. The summed E-state index contributed by atoms with van der Waals surface area (Å²) in [6.45, 7) is 13.6. The molecule has 1 N–H and O–H groups in total. The van der Waals surface area contributed by atoms with Crippen molar-refractivity contribution in [2.75, 3.05) is 0 Å². The van der Waals surface area contributed by atoms with Crippen LogP contribution in [0.4, 0.5) is 0 Å². The van der Waals surface area contributed by atoms with E-state index in [9.17, 15) is 0 Å². The van der Waals surface area contributed by atoms with Crippen molar-refractivity contribution in [3.8, 4) is 0 Å². The van der Waals surface area contributed by atoms with Crippen LogP contribution in [0.2, 0.25) is 0 Å². The van der Waals surface area contributed by atoms with Crippen LogP contribution < -0.4 is 5.32 Å². The quantitative estimate of drug-likeness (QED) is 0.670. The van der Waals surface area contributed by atoms with Gasteiger partial charge in [0.05, 0.1) is 0 Å². The normalized spacial score (nSPS) is 17.0. The van der Waals surface area contributed by atoms with Gasteiger partial charge in [0.2, 0.25) is 0 Å². The molecule has 0 bridgehead atoms. The van der Waals surface area contributed by atoms with Gasteiger partial charge in [-0.05, 0) is 32.1 Å². The molecular formula is C11H25N. The van der Waals surface area contributed by atoms with E-state index < -0.39 is 0 Å². The van der Waals surface area contributed by atoms with Crippen molar-refractivity contribution in [1.29, 1.82) is 0 Å². The molecule has 0 radical (unpaired) electrons. The lowest BCUT2D eigenvalue weighted by Gasteiger charge is -2.23. The van der Waals surface area contributed by atoms with Gasteiger partial charge in [-0.15, -0.1) is 0 Å². The predicted octanol–water partition coefficient (Wildman–Crippen LogP) is 3.06. The predicted molar refractivity (Wildman–Crippen MR) is 56.4 cm³/mol. The van der Waals surface area contributed by atoms with Crippen LogP contribution in [-0.2, 0) is 0 Å². The van der Waals surface area contributed by atoms with E-state index in [1.165, 1.54) is 6.42 Å². The molecule has 0 aromatic carbocycles.